The summed E-state index contributed by atoms with van der Waals surface area (Å²) in [6.45, 7) is 1.81. The van der Waals surface area contributed by atoms with E-state index in [0.29, 0.717) is 22.3 Å². The molecule has 3 aromatic rings. The molecule has 0 spiro atoms. The van der Waals surface area contributed by atoms with Crippen LogP contribution in [0.3, 0.4) is 0 Å². The second kappa shape index (κ2) is 11.7. The van der Waals surface area contributed by atoms with Crippen molar-refractivity contribution in [2.45, 2.75) is 20.1 Å². The van der Waals surface area contributed by atoms with E-state index < -0.39 is 17.7 Å². The standard InChI is InChI=1S/C27H27F2N3O4/c1-16-22(5-4-6-24(16)29)23-8-7-18(11-20(23)15-36-3)27(35)31-26(30)19-9-17(10-21(28)12-19)13-32(2)14-25(33)34/h4-12H,13-15H2,1-3H3,(H,33,34)(H2,30,31,35). The third kappa shape index (κ3) is 6.59. The van der Waals surface area contributed by atoms with Crippen molar-refractivity contribution >= 4 is 17.7 Å². The van der Waals surface area contributed by atoms with Crippen molar-refractivity contribution < 1.29 is 28.2 Å². The van der Waals surface area contributed by atoms with Crippen molar-refractivity contribution in [2.75, 3.05) is 20.7 Å². The van der Waals surface area contributed by atoms with Gasteiger partial charge in [-0.1, -0.05) is 18.2 Å². The van der Waals surface area contributed by atoms with E-state index in [1.165, 1.54) is 24.1 Å². The summed E-state index contributed by atoms with van der Waals surface area (Å²) in [7, 11) is 3.11. The predicted octanol–water partition coefficient (Wildman–Crippen LogP) is 4.15. The molecule has 7 nitrogen and oxygen atoms in total. The van der Waals surface area contributed by atoms with Crippen molar-refractivity contribution in [3.8, 4) is 11.1 Å². The maximum Gasteiger partial charge on any atom is 0.317 e. The van der Waals surface area contributed by atoms with Crippen LogP contribution < -0.4 is 5.73 Å². The molecule has 0 aliphatic carbocycles. The molecule has 0 radical (unpaired) electrons. The van der Waals surface area contributed by atoms with Crippen molar-refractivity contribution in [1.82, 2.24) is 4.90 Å². The molecule has 3 rings (SSSR count). The SMILES string of the molecule is COCc1cc(C(=O)N=C(N)c2cc(F)cc(CN(C)CC(=O)O)c2)ccc1-c1cccc(F)c1C. The van der Waals surface area contributed by atoms with Crippen LogP contribution in [0, 0.1) is 18.6 Å². The Labute approximate surface area is 207 Å². The van der Waals surface area contributed by atoms with Crippen LogP contribution >= 0.6 is 0 Å². The highest BCUT2D eigenvalue weighted by Gasteiger charge is 2.15. The zero-order valence-electron chi connectivity index (χ0n) is 20.2. The summed E-state index contributed by atoms with van der Waals surface area (Å²) < 4.78 is 33.6. The lowest BCUT2D eigenvalue weighted by Gasteiger charge is -2.15. The van der Waals surface area contributed by atoms with Gasteiger partial charge in [-0.2, -0.15) is 4.99 Å². The summed E-state index contributed by atoms with van der Waals surface area (Å²) in [5.41, 5.74) is 9.50. The van der Waals surface area contributed by atoms with E-state index >= 15 is 0 Å². The molecule has 0 aliphatic rings. The number of halogens is 2. The first kappa shape index (κ1) is 26.7. The average molecular weight is 496 g/mol. The third-order valence-corrected chi connectivity index (χ3v) is 5.54. The summed E-state index contributed by atoms with van der Waals surface area (Å²) in [5, 5.41) is 8.91. The first-order valence-electron chi connectivity index (χ1n) is 11.0. The molecule has 0 aliphatic heterocycles. The molecule has 36 heavy (non-hydrogen) atoms. The van der Waals surface area contributed by atoms with Crippen LogP contribution in [-0.4, -0.2) is 48.4 Å². The first-order chi connectivity index (χ1) is 17.1. The van der Waals surface area contributed by atoms with E-state index in [1.54, 1.807) is 50.4 Å². The minimum atomic E-state index is -1.01. The number of hydrogen-bond donors (Lipinski definition) is 2. The highest BCUT2D eigenvalue weighted by Crippen LogP contribution is 2.30. The number of hydrogen-bond acceptors (Lipinski definition) is 4. The Kier molecular flexibility index (Phi) is 8.63. The Morgan fingerprint density at radius 2 is 1.81 bits per heavy atom. The van der Waals surface area contributed by atoms with Crippen molar-refractivity contribution in [3.63, 3.8) is 0 Å². The second-order valence-electron chi connectivity index (χ2n) is 8.43. The Bertz CT molecular complexity index is 1320. The fourth-order valence-electron chi connectivity index (χ4n) is 3.89. The minimum absolute atomic E-state index is 0.166. The van der Waals surface area contributed by atoms with E-state index in [0.717, 1.165) is 11.6 Å². The molecule has 0 unspecified atom stereocenters. The summed E-state index contributed by atoms with van der Waals surface area (Å²) in [5.74, 6) is -2.75. The van der Waals surface area contributed by atoms with Crippen LogP contribution in [0.15, 0.2) is 59.6 Å². The van der Waals surface area contributed by atoms with Gasteiger partial charge in [0.15, 0.2) is 0 Å². The molecule has 0 bridgehead atoms. The van der Waals surface area contributed by atoms with E-state index in [9.17, 15) is 18.4 Å². The largest absolute Gasteiger partial charge is 0.480 e. The molecule has 0 aromatic heterocycles. The highest BCUT2D eigenvalue weighted by atomic mass is 19.1. The zero-order chi connectivity index (χ0) is 26.4. The smallest absolute Gasteiger partial charge is 0.317 e. The lowest BCUT2D eigenvalue weighted by atomic mass is 9.94. The summed E-state index contributed by atoms with van der Waals surface area (Å²) in [6.07, 6.45) is 0. The Hall–Kier alpha value is -3.95. The van der Waals surface area contributed by atoms with Gasteiger partial charge >= 0.3 is 5.97 Å². The van der Waals surface area contributed by atoms with Gasteiger partial charge in [0.25, 0.3) is 5.91 Å². The van der Waals surface area contributed by atoms with E-state index in [-0.39, 0.29) is 42.5 Å². The predicted molar refractivity (Wildman–Crippen MR) is 133 cm³/mol. The number of amides is 1. The molecule has 0 saturated carbocycles. The highest BCUT2D eigenvalue weighted by molar-refractivity contribution is 6.09. The topological polar surface area (TPSA) is 105 Å². The molecular weight excluding hydrogens is 468 g/mol. The van der Waals surface area contributed by atoms with Crippen molar-refractivity contribution in [3.05, 3.63) is 94.0 Å². The number of nitrogens with zero attached hydrogens (tertiary/aromatic N) is 2. The summed E-state index contributed by atoms with van der Waals surface area (Å²) in [6, 6.07) is 13.6. The number of benzene rings is 3. The molecule has 0 heterocycles. The quantitative estimate of drug-likeness (QED) is 0.341. The van der Waals surface area contributed by atoms with Crippen molar-refractivity contribution in [2.24, 2.45) is 10.7 Å². The van der Waals surface area contributed by atoms with Gasteiger partial charge in [-0.25, -0.2) is 8.78 Å². The lowest BCUT2D eigenvalue weighted by Crippen LogP contribution is -2.25. The number of amidine groups is 1. The van der Waals surface area contributed by atoms with Gasteiger partial charge in [0.1, 0.15) is 17.5 Å². The van der Waals surface area contributed by atoms with Crippen LogP contribution in [0.25, 0.3) is 11.1 Å². The Balaban J connectivity index is 1.90. The van der Waals surface area contributed by atoms with E-state index in [1.807, 2.05) is 0 Å². The number of aliphatic imine (C=N–C) groups is 1. The molecule has 0 saturated heterocycles. The van der Waals surface area contributed by atoms with Crippen LogP contribution in [0.2, 0.25) is 0 Å². The van der Waals surface area contributed by atoms with E-state index in [2.05, 4.69) is 4.99 Å². The lowest BCUT2D eigenvalue weighted by molar-refractivity contribution is -0.138. The number of carboxylic acids is 1. The maximum atomic E-state index is 14.2. The van der Waals surface area contributed by atoms with Crippen molar-refractivity contribution in [1.29, 1.82) is 0 Å². The minimum Gasteiger partial charge on any atom is -0.480 e. The number of methoxy groups -OCH3 is 1. The molecule has 9 heteroatoms. The molecule has 3 aromatic carbocycles. The van der Waals surface area contributed by atoms with Crippen LogP contribution in [0.5, 0.6) is 0 Å². The number of ether oxygens (including phenoxy) is 1. The Morgan fingerprint density at radius 3 is 2.50 bits per heavy atom. The van der Waals surface area contributed by atoms with Gasteiger partial charge in [0, 0.05) is 24.8 Å². The number of rotatable bonds is 9. The third-order valence-electron chi connectivity index (χ3n) is 5.54. The summed E-state index contributed by atoms with van der Waals surface area (Å²) in [4.78, 5) is 29.2. The van der Waals surface area contributed by atoms with Gasteiger partial charge in [-0.3, -0.25) is 14.5 Å². The fourth-order valence-corrected chi connectivity index (χ4v) is 3.89. The average Bonchev–Trinajstić information content (AvgIpc) is 2.80. The number of carbonyl (C=O) groups is 2. The first-order valence-corrected chi connectivity index (χ1v) is 11.0. The number of nitrogens with two attached hydrogens (primary N) is 1. The fraction of sp³-hybridized carbons (Fsp3) is 0.222. The van der Waals surface area contributed by atoms with Gasteiger partial charge in [0.05, 0.1) is 13.2 Å². The number of likely N-dealkylation sites (N-methyl/N-ethyl adjacent to an activating group) is 1. The Morgan fingerprint density at radius 1 is 1.06 bits per heavy atom. The second-order valence-corrected chi connectivity index (χ2v) is 8.43. The molecule has 0 fully saturated rings. The van der Waals surface area contributed by atoms with Gasteiger partial charge in [0.2, 0.25) is 0 Å². The molecular formula is C27H27F2N3O4. The zero-order valence-corrected chi connectivity index (χ0v) is 20.2. The summed E-state index contributed by atoms with van der Waals surface area (Å²) >= 11 is 0. The van der Waals surface area contributed by atoms with Crippen LogP contribution in [0.4, 0.5) is 8.78 Å². The van der Waals surface area contributed by atoms with Gasteiger partial charge in [-0.05, 0) is 78.2 Å². The maximum absolute atomic E-state index is 14.2. The monoisotopic (exact) mass is 495 g/mol. The van der Waals surface area contributed by atoms with Gasteiger partial charge < -0.3 is 15.6 Å². The molecule has 1 amide bonds. The molecule has 188 valence electrons. The molecule has 0 atom stereocenters. The number of aliphatic carboxylic acids is 1. The van der Waals surface area contributed by atoms with Crippen LogP contribution in [0.1, 0.15) is 32.6 Å². The van der Waals surface area contributed by atoms with Crippen LogP contribution in [-0.2, 0) is 22.7 Å². The van der Waals surface area contributed by atoms with E-state index in [4.69, 9.17) is 15.6 Å². The normalized spacial score (nSPS) is 11.7. The number of carbonyl (C=O) groups excluding carboxylic acids is 1. The number of carboxylic acid groups (broad SMARTS) is 1. The van der Waals surface area contributed by atoms with Gasteiger partial charge in [-0.15, -0.1) is 0 Å². The molecule has 3 N–H and O–H groups in total.